The van der Waals surface area contributed by atoms with Gasteiger partial charge in [0.2, 0.25) is 0 Å². The number of fused-ring (bicyclic) bond motifs is 1. The molecule has 3 heteroatoms. The van der Waals surface area contributed by atoms with Gasteiger partial charge in [0.15, 0.2) is 0 Å². The van der Waals surface area contributed by atoms with Crippen LogP contribution in [-0.2, 0) is 0 Å². The first kappa shape index (κ1) is 10.6. The molecule has 2 rings (SSSR count). The smallest absolute Gasteiger partial charge is 0.0618 e. The predicted octanol–water partition coefficient (Wildman–Crippen LogP) is 3.00. The van der Waals surface area contributed by atoms with Crippen LogP contribution in [0.25, 0.3) is 0 Å². The van der Waals surface area contributed by atoms with Crippen LogP contribution >= 0.6 is 11.6 Å². The molecule has 1 aromatic carbocycles. The highest BCUT2D eigenvalue weighted by atomic mass is 35.5. The van der Waals surface area contributed by atoms with E-state index in [1.165, 1.54) is 17.8 Å². The summed E-state index contributed by atoms with van der Waals surface area (Å²) < 4.78 is 0. The number of hydrogen-bond acceptors (Lipinski definition) is 2. The van der Waals surface area contributed by atoms with E-state index in [1.807, 2.05) is 6.07 Å². The Hall–Kier alpha value is -0.890. The zero-order valence-corrected chi connectivity index (χ0v) is 10.3. The standard InChI is InChI=1S/C12H17ClN2/c1-9-6-7-14(2)11-5-4-10(13)8-12(11)15(9)3/h4-5,8-9H,6-7H2,1-3H3. The van der Waals surface area contributed by atoms with Crippen LogP contribution in [0.3, 0.4) is 0 Å². The minimum absolute atomic E-state index is 0.562. The van der Waals surface area contributed by atoms with E-state index in [2.05, 4.69) is 43.0 Å². The number of hydrogen-bond donors (Lipinski definition) is 0. The average molecular weight is 225 g/mol. The lowest BCUT2D eigenvalue weighted by molar-refractivity contribution is 0.640. The first-order valence-corrected chi connectivity index (χ1v) is 5.71. The molecule has 0 bridgehead atoms. The summed E-state index contributed by atoms with van der Waals surface area (Å²) in [6, 6.07) is 6.68. The minimum atomic E-state index is 0.562. The molecule has 0 amide bonds. The van der Waals surface area contributed by atoms with Crippen molar-refractivity contribution in [1.82, 2.24) is 0 Å². The topological polar surface area (TPSA) is 6.48 Å². The molecule has 1 aliphatic rings. The monoisotopic (exact) mass is 224 g/mol. The third-order valence-corrected chi connectivity index (χ3v) is 3.51. The molecule has 0 aromatic heterocycles. The van der Waals surface area contributed by atoms with Crippen LogP contribution in [-0.4, -0.2) is 26.7 Å². The van der Waals surface area contributed by atoms with Crippen molar-refractivity contribution in [2.75, 3.05) is 30.4 Å². The zero-order chi connectivity index (χ0) is 11.0. The lowest BCUT2D eigenvalue weighted by Gasteiger charge is -2.26. The van der Waals surface area contributed by atoms with E-state index >= 15 is 0 Å². The van der Waals surface area contributed by atoms with Crippen LogP contribution in [0.15, 0.2) is 18.2 Å². The summed E-state index contributed by atoms with van der Waals surface area (Å²) in [6.45, 7) is 3.35. The number of rotatable bonds is 0. The zero-order valence-electron chi connectivity index (χ0n) is 9.50. The molecule has 82 valence electrons. The van der Waals surface area contributed by atoms with Crippen molar-refractivity contribution >= 4 is 23.0 Å². The van der Waals surface area contributed by atoms with Crippen molar-refractivity contribution in [2.45, 2.75) is 19.4 Å². The fraction of sp³-hybridized carbons (Fsp3) is 0.500. The summed E-state index contributed by atoms with van der Waals surface area (Å²) in [5, 5.41) is 0.808. The van der Waals surface area contributed by atoms with Gasteiger partial charge in [-0.25, -0.2) is 0 Å². The molecule has 0 radical (unpaired) electrons. The second-order valence-electron chi connectivity index (χ2n) is 4.30. The summed E-state index contributed by atoms with van der Waals surface area (Å²) >= 11 is 6.05. The predicted molar refractivity (Wildman–Crippen MR) is 67.2 cm³/mol. The Morgan fingerprint density at radius 2 is 2.00 bits per heavy atom. The number of nitrogens with zero attached hydrogens (tertiary/aromatic N) is 2. The second kappa shape index (κ2) is 3.93. The van der Waals surface area contributed by atoms with Gasteiger partial charge in [-0.05, 0) is 31.5 Å². The average Bonchev–Trinajstić information content (AvgIpc) is 2.32. The lowest BCUT2D eigenvalue weighted by atomic mass is 10.2. The van der Waals surface area contributed by atoms with Crippen molar-refractivity contribution in [1.29, 1.82) is 0 Å². The summed E-state index contributed by atoms with van der Waals surface area (Å²) in [4.78, 5) is 4.61. The van der Waals surface area contributed by atoms with Gasteiger partial charge in [0.05, 0.1) is 11.4 Å². The van der Waals surface area contributed by atoms with Crippen LogP contribution in [0.4, 0.5) is 11.4 Å². The first-order valence-electron chi connectivity index (χ1n) is 5.33. The number of benzene rings is 1. The Morgan fingerprint density at radius 1 is 1.27 bits per heavy atom. The van der Waals surface area contributed by atoms with Gasteiger partial charge in [-0.1, -0.05) is 11.6 Å². The highest BCUT2D eigenvalue weighted by Crippen LogP contribution is 2.34. The van der Waals surface area contributed by atoms with E-state index in [0.717, 1.165) is 11.6 Å². The molecular weight excluding hydrogens is 208 g/mol. The van der Waals surface area contributed by atoms with Gasteiger partial charge in [0.1, 0.15) is 0 Å². The Labute approximate surface area is 96.4 Å². The molecule has 0 N–H and O–H groups in total. The van der Waals surface area contributed by atoms with E-state index in [-0.39, 0.29) is 0 Å². The van der Waals surface area contributed by atoms with Gasteiger partial charge in [0, 0.05) is 31.7 Å². The molecule has 0 saturated heterocycles. The van der Waals surface area contributed by atoms with E-state index in [9.17, 15) is 0 Å². The normalized spacial score (nSPS) is 21.2. The third-order valence-electron chi connectivity index (χ3n) is 3.27. The summed E-state index contributed by atoms with van der Waals surface area (Å²) in [7, 11) is 4.28. The van der Waals surface area contributed by atoms with E-state index in [4.69, 9.17) is 11.6 Å². The Bertz CT molecular complexity index is 365. The summed E-state index contributed by atoms with van der Waals surface area (Å²) in [6.07, 6.45) is 1.18. The molecule has 1 aromatic rings. The Kier molecular flexibility index (Phi) is 2.79. The Balaban J connectivity index is 2.50. The van der Waals surface area contributed by atoms with Gasteiger partial charge in [-0.3, -0.25) is 0 Å². The molecule has 1 unspecified atom stereocenters. The maximum Gasteiger partial charge on any atom is 0.0618 e. The maximum atomic E-state index is 6.05. The van der Waals surface area contributed by atoms with E-state index in [1.54, 1.807) is 0 Å². The van der Waals surface area contributed by atoms with Gasteiger partial charge >= 0.3 is 0 Å². The SMILES string of the molecule is CC1CCN(C)c2ccc(Cl)cc2N1C. The van der Waals surface area contributed by atoms with Crippen molar-refractivity contribution in [3.8, 4) is 0 Å². The summed E-state index contributed by atoms with van der Waals surface area (Å²) in [5.74, 6) is 0. The first-order chi connectivity index (χ1) is 7.09. The maximum absolute atomic E-state index is 6.05. The summed E-state index contributed by atoms with van der Waals surface area (Å²) in [5.41, 5.74) is 2.50. The molecule has 0 spiro atoms. The molecule has 1 heterocycles. The fourth-order valence-corrected chi connectivity index (χ4v) is 2.20. The number of anilines is 2. The van der Waals surface area contributed by atoms with Gasteiger partial charge in [-0.15, -0.1) is 0 Å². The van der Waals surface area contributed by atoms with Gasteiger partial charge < -0.3 is 9.80 Å². The molecule has 0 saturated carbocycles. The minimum Gasteiger partial charge on any atom is -0.373 e. The van der Waals surface area contributed by atoms with Crippen LogP contribution in [0.5, 0.6) is 0 Å². The van der Waals surface area contributed by atoms with E-state index in [0.29, 0.717) is 6.04 Å². The molecule has 1 aliphatic heterocycles. The highest BCUT2D eigenvalue weighted by Gasteiger charge is 2.20. The number of halogens is 1. The molecule has 0 aliphatic carbocycles. The van der Waals surface area contributed by atoms with Crippen molar-refractivity contribution in [2.24, 2.45) is 0 Å². The van der Waals surface area contributed by atoms with Crippen molar-refractivity contribution in [3.05, 3.63) is 23.2 Å². The lowest BCUT2D eigenvalue weighted by Crippen LogP contribution is -2.28. The van der Waals surface area contributed by atoms with Crippen LogP contribution in [0.2, 0.25) is 5.02 Å². The highest BCUT2D eigenvalue weighted by molar-refractivity contribution is 6.31. The van der Waals surface area contributed by atoms with Gasteiger partial charge in [0.25, 0.3) is 0 Å². The second-order valence-corrected chi connectivity index (χ2v) is 4.74. The molecule has 15 heavy (non-hydrogen) atoms. The molecule has 2 nitrogen and oxygen atoms in total. The van der Waals surface area contributed by atoms with E-state index < -0.39 is 0 Å². The fourth-order valence-electron chi connectivity index (χ4n) is 2.03. The molecule has 0 fully saturated rings. The molecule has 1 atom stereocenters. The Morgan fingerprint density at radius 3 is 2.73 bits per heavy atom. The third kappa shape index (κ3) is 1.91. The quantitative estimate of drug-likeness (QED) is 0.669. The van der Waals surface area contributed by atoms with Crippen LogP contribution in [0.1, 0.15) is 13.3 Å². The van der Waals surface area contributed by atoms with Crippen molar-refractivity contribution in [3.63, 3.8) is 0 Å². The molecular formula is C12H17ClN2. The van der Waals surface area contributed by atoms with Gasteiger partial charge in [-0.2, -0.15) is 0 Å². The van der Waals surface area contributed by atoms with Crippen molar-refractivity contribution < 1.29 is 0 Å². The van der Waals surface area contributed by atoms with Crippen LogP contribution < -0.4 is 9.80 Å². The largest absolute Gasteiger partial charge is 0.373 e. The van der Waals surface area contributed by atoms with Crippen LogP contribution in [0, 0.1) is 0 Å².